The van der Waals surface area contributed by atoms with Crippen LogP contribution in [-0.2, 0) is 6.42 Å². The van der Waals surface area contributed by atoms with Gasteiger partial charge in [-0.15, -0.1) is 0 Å². The van der Waals surface area contributed by atoms with Gasteiger partial charge in [0.25, 0.3) is 0 Å². The van der Waals surface area contributed by atoms with Crippen molar-refractivity contribution in [3.05, 3.63) is 57.5 Å². The molecule has 2 aromatic rings. The van der Waals surface area contributed by atoms with E-state index in [4.69, 9.17) is 21.1 Å². The van der Waals surface area contributed by atoms with Crippen molar-refractivity contribution in [3.63, 3.8) is 0 Å². The third kappa shape index (κ3) is 4.92. The first kappa shape index (κ1) is 16.1. The molecule has 0 radical (unpaired) electrons. The Morgan fingerprint density at radius 3 is 2.71 bits per heavy atom. The summed E-state index contributed by atoms with van der Waals surface area (Å²) in [7, 11) is 1.62. The van der Waals surface area contributed by atoms with E-state index in [0.29, 0.717) is 17.2 Å². The van der Waals surface area contributed by atoms with Crippen LogP contribution in [0.25, 0.3) is 0 Å². The molecule has 3 nitrogen and oxygen atoms in total. The van der Waals surface area contributed by atoms with Gasteiger partial charge in [-0.3, -0.25) is 0 Å². The Labute approximate surface area is 137 Å². The van der Waals surface area contributed by atoms with Crippen LogP contribution in [0.15, 0.2) is 46.9 Å². The fourth-order valence-corrected chi connectivity index (χ4v) is 2.49. The van der Waals surface area contributed by atoms with Gasteiger partial charge in [0.2, 0.25) is 0 Å². The zero-order valence-corrected chi connectivity index (χ0v) is 13.9. The van der Waals surface area contributed by atoms with Gasteiger partial charge >= 0.3 is 0 Å². The Morgan fingerprint density at radius 2 is 2.00 bits per heavy atom. The van der Waals surface area contributed by atoms with Crippen LogP contribution in [0.3, 0.4) is 0 Å². The van der Waals surface area contributed by atoms with E-state index in [0.717, 1.165) is 15.8 Å². The van der Waals surface area contributed by atoms with Crippen LogP contribution >= 0.6 is 27.5 Å². The lowest BCUT2D eigenvalue weighted by Crippen LogP contribution is -2.20. The maximum Gasteiger partial charge on any atom is 0.120 e. The highest BCUT2D eigenvalue weighted by Gasteiger charge is 2.10. The second-order valence-corrected chi connectivity index (χ2v) is 5.87. The first-order valence-electron chi connectivity index (χ1n) is 6.47. The summed E-state index contributed by atoms with van der Waals surface area (Å²) in [5.74, 6) is 1.41. The van der Waals surface area contributed by atoms with Gasteiger partial charge in [-0.2, -0.15) is 0 Å². The minimum Gasteiger partial charge on any atom is -0.497 e. The second kappa shape index (κ2) is 7.69. The fourth-order valence-electron chi connectivity index (χ4n) is 1.90. The van der Waals surface area contributed by atoms with E-state index in [1.807, 2.05) is 24.3 Å². The normalized spacial score (nSPS) is 12.0. The lowest BCUT2D eigenvalue weighted by Gasteiger charge is -2.14. The van der Waals surface area contributed by atoms with Crippen molar-refractivity contribution in [3.8, 4) is 11.5 Å². The van der Waals surface area contributed by atoms with Crippen molar-refractivity contribution in [2.75, 3.05) is 13.7 Å². The van der Waals surface area contributed by atoms with Gasteiger partial charge in [0.15, 0.2) is 0 Å². The first-order chi connectivity index (χ1) is 10.1. The lowest BCUT2D eigenvalue weighted by atomic mass is 10.1. The summed E-state index contributed by atoms with van der Waals surface area (Å²) in [5.41, 5.74) is 0.969. The third-order valence-corrected chi connectivity index (χ3v) is 3.96. The largest absolute Gasteiger partial charge is 0.497 e. The standard InChI is InChI=1S/C16H16BrClO3/c1-20-14-5-6-16(17)11(8-14)7-13(19)10-21-15-4-2-3-12(18)9-15/h2-6,8-9,13,19H,7,10H2,1H3. The molecule has 0 amide bonds. The molecule has 0 spiro atoms. The molecule has 0 aromatic heterocycles. The number of halogens is 2. The first-order valence-corrected chi connectivity index (χ1v) is 7.64. The molecule has 2 rings (SSSR count). The number of ether oxygens (including phenoxy) is 2. The Morgan fingerprint density at radius 1 is 1.19 bits per heavy atom. The summed E-state index contributed by atoms with van der Waals surface area (Å²) in [4.78, 5) is 0. The molecule has 21 heavy (non-hydrogen) atoms. The van der Waals surface area contributed by atoms with Crippen molar-refractivity contribution in [1.82, 2.24) is 0 Å². The second-order valence-electron chi connectivity index (χ2n) is 4.58. The van der Waals surface area contributed by atoms with Crippen molar-refractivity contribution in [2.45, 2.75) is 12.5 Å². The smallest absolute Gasteiger partial charge is 0.120 e. The average Bonchev–Trinajstić information content (AvgIpc) is 2.47. The number of hydrogen-bond acceptors (Lipinski definition) is 3. The molecule has 2 aromatic carbocycles. The zero-order chi connectivity index (χ0) is 15.2. The predicted molar refractivity (Wildman–Crippen MR) is 87.4 cm³/mol. The van der Waals surface area contributed by atoms with Crippen LogP contribution < -0.4 is 9.47 Å². The molecule has 112 valence electrons. The van der Waals surface area contributed by atoms with Gasteiger partial charge in [-0.1, -0.05) is 33.6 Å². The number of aliphatic hydroxyl groups excluding tert-OH is 1. The van der Waals surface area contributed by atoms with E-state index in [1.54, 1.807) is 25.3 Å². The Hall–Kier alpha value is -1.23. The van der Waals surface area contributed by atoms with Crippen molar-refractivity contribution in [2.24, 2.45) is 0 Å². The van der Waals surface area contributed by atoms with E-state index >= 15 is 0 Å². The molecule has 0 aliphatic heterocycles. The molecule has 1 unspecified atom stereocenters. The van der Waals surface area contributed by atoms with Crippen molar-refractivity contribution < 1.29 is 14.6 Å². The summed E-state index contributed by atoms with van der Waals surface area (Å²) in [6.07, 6.45) is -0.148. The number of hydrogen-bond donors (Lipinski definition) is 1. The van der Waals surface area contributed by atoms with E-state index in [-0.39, 0.29) is 6.61 Å². The average molecular weight is 372 g/mol. The molecule has 0 bridgehead atoms. The molecular weight excluding hydrogens is 356 g/mol. The number of aliphatic hydroxyl groups is 1. The van der Waals surface area contributed by atoms with Crippen LogP contribution in [0.4, 0.5) is 0 Å². The van der Waals surface area contributed by atoms with Gasteiger partial charge in [-0.25, -0.2) is 0 Å². The molecule has 0 aliphatic rings. The van der Waals surface area contributed by atoms with Crippen molar-refractivity contribution in [1.29, 1.82) is 0 Å². The van der Waals surface area contributed by atoms with E-state index < -0.39 is 6.10 Å². The molecule has 0 aliphatic carbocycles. The highest BCUT2D eigenvalue weighted by molar-refractivity contribution is 9.10. The monoisotopic (exact) mass is 370 g/mol. The molecule has 0 fully saturated rings. The van der Waals surface area contributed by atoms with Crippen LogP contribution in [0.5, 0.6) is 11.5 Å². The quantitative estimate of drug-likeness (QED) is 0.831. The summed E-state index contributed by atoms with van der Waals surface area (Å²) < 4.78 is 11.7. The molecule has 1 N–H and O–H groups in total. The van der Waals surface area contributed by atoms with Gasteiger partial charge in [0.1, 0.15) is 18.1 Å². The Kier molecular flexibility index (Phi) is 5.91. The summed E-state index contributed by atoms with van der Waals surface area (Å²) in [5, 5.41) is 10.7. The number of rotatable bonds is 6. The molecule has 5 heteroatoms. The molecule has 0 heterocycles. The molecule has 0 saturated heterocycles. The lowest BCUT2D eigenvalue weighted by molar-refractivity contribution is 0.107. The van der Waals surface area contributed by atoms with E-state index in [2.05, 4.69) is 15.9 Å². The van der Waals surface area contributed by atoms with Gasteiger partial charge < -0.3 is 14.6 Å². The van der Waals surface area contributed by atoms with Gasteiger partial charge in [0.05, 0.1) is 13.2 Å². The Balaban J connectivity index is 1.94. The highest BCUT2D eigenvalue weighted by Crippen LogP contribution is 2.24. The molecular formula is C16H16BrClO3. The highest BCUT2D eigenvalue weighted by atomic mass is 79.9. The maximum absolute atomic E-state index is 10.1. The van der Waals surface area contributed by atoms with Gasteiger partial charge in [0, 0.05) is 15.9 Å². The SMILES string of the molecule is COc1ccc(Br)c(CC(O)COc2cccc(Cl)c2)c1. The summed E-state index contributed by atoms with van der Waals surface area (Å²) >= 11 is 9.35. The Bertz CT molecular complexity index is 604. The summed E-state index contributed by atoms with van der Waals surface area (Å²) in [6.45, 7) is 0.198. The predicted octanol–water partition coefficient (Wildman–Crippen LogP) is 4.09. The topological polar surface area (TPSA) is 38.7 Å². The van der Waals surface area contributed by atoms with Crippen LogP contribution in [0, 0.1) is 0 Å². The third-order valence-electron chi connectivity index (χ3n) is 2.95. The minimum atomic E-state index is -0.618. The number of methoxy groups -OCH3 is 1. The summed E-state index contributed by atoms with van der Waals surface area (Å²) in [6, 6.07) is 12.8. The molecule has 0 saturated carbocycles. The number of benzene rings is 2. The van der Waals surface area contributed by atoms with E-state index in [1.165, 1.54) is 0 Å². The maximum atomic E-state index is 10.1. The van der Waals surface area contributed by atoms with E-state index in [9.17, 15) is 5.11 Å². The minimum absolute atomic E-state index is 0.198. The molecule has 1 atom stereocenters. The van der Waals surface area contributed by atoms with Crippen LogP contribution in [0.2, 0.25) is 5.02 Å². The van der Waals surface area contributed by atoms with Crippen LogP contribution in [0.1, 0.15) is 5.56 Å². The van der Waals surface area contributed by atoms with Crippen LogP contribution in [-0.4, -0.2) is 24.9 Å². The van der Waals surface area contributed by atoms with Crippen molar-refractivity contribution >= 4 is 27.5 Å². The fraction of sp³-hybridized carbons (Fsp3) is 0.250. The zero-order valence-electron chi connectivity index (χ0n) is 11.6. The van der Waals surface area contributed by atoms with Gasteiger partial charge in [-0.05, 0) is 42.0 Å².